The standard InChI is InChI=1S/C10H11FN2O/c1-6-9(12)10(14)13(6)8-4-2-7(11)3-5-8/h2-6,9H,12H2,1H3/t6-,9+/m1/s1. The van der Waals surface area contributed by atoms with E-state index in [4.69, 9.17) is 5.73 Å². The smallest absolute Gasteiger partial charge is 0.246 e. The lowest BCUT2D eigenvalue weighted by atomic mass is 9.97. The van der Waals surface area contributed by atoms with Crippen LogP contribution in [0.4, 0.5) is 10.1 Å². The summed E-state index contributed by atoms with van der Waals surface area (Å²) in [4.78, 5) is 12.9. The Hall–Kier alpha value is -1.42. The van der Waals surface area contributed by atoms with Crippen molar-refractivity contribution in [3.8, 4) is 0 Å². The van der Waals surface area contributed by atoms with Crippen LogP contribution < -0.4 is 10.6 Å². The monoisotopic (exact) mass is 194 g/mol. The van der Waals surface area contributed by atoms with Gasteiger partial charge in [0.2, 0.25) is 5.91 Å². The molecule has 1 aliphatic heterocycles. The van der Waals surface area contributed by atoms with Gasteiger partial charge in [0.1, 0.15) is 11.9 Å². The molecule has 2 N–H and O–H groups in total. The number of hydrogen-bond donors (Lipinski definition) is 1. The predicted molar refractivity (Wildman–Crippen MR) is 51.3 cm³/mol. The minimum Gasteiger partial charge on any atom is -0.318 e. The predicted octanol–water partition coefficient (Wildman–Crippen LogP) is 0.888. The number of nitrogens with two attached hydrogens (primary N) is 1. The van der Waals surface area contributed by atoms with Crippen molar-refractivity contribution >= 4 is 11.6 Å². The van der Waals surface area contributed by atoms with Crippen molar-refractivity contribution in [3.05, 3.63) is 30.1 Å². The second-order valence-electron chi connectivity index (χ2n) is 3.45. The molecule has 2 atom stereocenters. The molecular weight excluding hydrogens is 183 g/mol. The van der Waals surface area contributed by atoms with E-state index in [1.165, 1.54) is 12.1 Å². The van der Waals surface area contributed by atoms with Crippen LogP contribution in [-0.4, -0.2) is 18.0 Å². The van der Waals surface area contributed by atoms with Crippen LogP contribution in [0.15, 0.2) is 24.3 Å². The van der Waals surface area contributed by atoms with Crippen molar-refractivity contribution in [3.63, 3.8) is 0 Å². The summed E-state index contributed by atoms with van der Waals surface area (Å²) < 4.78 is 12.6. The molecule has 1 heterocycles. The zero-order valence-electron chi connectivity index (χ0n) is 7.77. The molecule has 1 fully saturated rings. The second-order valence-corrected chi connectivity index (χ2v) is 3.45. The Morgan fingerprint density at radius 1 is 1.36 bits per heavy atom. The molecule has 74 valence electrons. The summed E-state index contributed by atoms with van der Waals surface area (Å²) in [7, 11) is 0. The fraction of sp³-hybridized carbons (Fsp3) is 0.300. The Labute approximate surface area is 81.3 Å². The van der Waals surface area contributed by atoms with Gasteiger partial charge in [0, 0.05) is 5.69 Å². The molecule has 0 radical (unpaired) electrons. The van der Waals surface area contributed by atoms with Crippen molar-refractivity contribution < 1.29 is 9.18 Å². The molecule has 1 aromatic carbocycles. The van der Waals surface area contributed by atoms with Gasteiger partial charge < -0.3 is 10.6 Å². The molecule has 2 rings (SSSR count). The Morgan fingerprint density at radius 3 is 2.43 bits per heavy atom. The van der Waals surface area contributed by atoms with E-state index in [-0.39, 0.29) is 17.8 Å². The van der Waals surface area contributed by atoms with Gasteiger partial charge >= 0.3 is 0 Å². The third-order valence-corrected chi connectivity index (χ3v) is 2.55. The van der Waals surface area contributed by atoms with Crippen molar-refractivity contribution in [2.45, 2.75) is 19.0 Å². The van der Waals surface area contributed by atoms with E-state index in [1.807, 2.05) is 6.92 Å². The fourth-order valence-corrected chi connectivity index (χ4v) is 1.61. The number of benzene rings is 1. The molecule has 0 aromatic heterocycles. The Morgan fingerprint density at radius 2 is 1.93 bits per heavy atom. The molecule has 0 bridgehead atoms. The Bertz CT molecular complexity index is 363. The number of nitrogens with zero attached hydrogens (tertiary/aromatic N) is 1. The highest BCUT2D eigenvalue weighted by Crippen LogP contribution is 2.26. The van der Waals surface area contributed by atoms with E-state index in [0.29, 0.717) is 5.69 Å². The topological polar surface area (TPSA) is 46.3 Å². The SMILES string of the molecule is C[C@@H]1[C@H](N)C(=O)N1c1ccc(F)cc1. The first-order chi connectivity index (χ1) is 6.61. The van der Waals surface area contributed by atoms with Crippen molar-refractivity contribution in [1.82, 2.24) is 0 Å². The zero-order valence-corrected chi connectivity index (χ0v) is 7.77. The Kier molecular flexibility index (Phi) is 2.00. The number of carbonyl (C=O) groups is 1. The van der Waals surface area contributed by atoms with Crippen LogP contribution in [0, 0.1) is 5.82 Å². The van der Waals surface area contributed by atoms with Crippen LogP contribution in [0.2, 0.25) is 0 Å². The lowest BCUT2D eigenvalue weighted by molar-refractivity contribution is -0.125. The van der Waals surface area contributed by atoms with Gasteiger partial charge in [0.05, 0.1) is 6.04 Å². The molecule has 1 aliphatic rings. The highest BCUT2D eigenvalue weighted by Gasteiger charge is 2.42. The highest BCUT2D eigenvalue weighted by molar-refractivity contribution is 6.05. The van der Waals surface area contributed by atoms with Crippen molar-refractivity contribution in [1.29, 1.82) is 0 Å². The van der Waals surface area contributed by atoms with Crippen LogP contribution in [0.3, 0.4) is 0 Å². The molecule has 1 aromatic rings. The quantitative estimate of drug-likeness (QED) is 0.675. The number of hydrogen-bond acceptors (Lipinski definition) is 2. The molecule has 1 saturated heterocycles. The lowest BCUT2D eigenvalue weighted by Gasteiger charge is -2.43. The number of β-lactam (4-membered cyclic amide) rings is 1. The average molecular weight is 194 g/mol. The molecule has 3 nitrogen and oxygen atoms in total. The minimum absolute atomic E-state index is 0.00652. The van der Waals surface area contributed by atoms with E-state index >= 15 is 0 Å². The molecule has 0 spiro atoms. The summed E-state index contributed by atoms with van der Waals surface area (Å²) in [5.74, 6) is -0.414. The first-order valence-corrected chi connectivity index (χ1v) is 4.45. The van der Waals surface area contributed by atoms with Gasteiger partial charge in [0.25, 0.3) is 0 Å². The second kappa shape index (κ2) is 3.06. The molecule has 0 unspecified atom stereocenters. The molecule has 1 amide bonds. The number of amides is 1. The molecular formula is C10H11FN2O. The summed E-state index contributed by atoms with van der Waals surface area (Å²) in [5, 5.41) is 0. The van der Waals surface area contributed by atoms with Crippen LogP contribution in [0.25, 0.3) is 0 Å². The zero-order chi connectivity index (χ0) is 10.3. The van der Waals surface area contributed by atoms with Gasteiger partial charge in [-0.25, -0.2) is 4.39 Å². The third kappa shape index (κ3) is 1.19. The van der Waals surface area contributed by atoms with Crippen molar-refractivity contribution in [2.24, 2.45) is 5.73 Å². The molecule has 14 heavy (non-hydrogen) atoms. The van der Waals surface area contributed by atoms with E-state index in [0.717, 1.165) is 0 Å². The summed E-state index contributed by atoms with van der Waals surface area (Å²) in [6.07, 6.45) is 0. The van der Waals surface area contributed by atoms with Crippen LogP contribution in [0.1, 0.15) is 6.92 Å². The third-order valence-electron chi connectivity index (χ3n) is 2.55. The first kappa shape index (κ1) is 9.15. The minimum atomic E-state index is -0.417. The van der Waals surface area contributed by atoms with E-state index in [2.05, 4.69) is 0 Å². The number of rotatable bonds is 1. The average Bonchev–Trinajstić information content (AvgIpc) is 2.21. The van der Waals surface area contributed by atoms with Gasteiger partial charge in [-0.1, -0.05) is 0 Å². The maximum atomic E-state index is 12.6. The summed E-state index contributed by atoms with van der Waals surface area (Å²) in [6, 6.07) is 5.40. The summed E-state index contributed by atoms with van der Waals surface area (Å²) in [5.41, 5.74) is 6.26. The lowest BCUT2D eigenvalue weighted by Crippen LogP contribution is -2.67. The number of carbonyl (C=O) groups excluding carboxylic acids is 1. The molecule has 0 saturated carbocycles. The molecule has 0 aliphatic carbocycles. The normalized spacial score (nSPS) is 26.2. The first-order valence-electron chi connectivity index (χ1n) is 4.45. The van der Waals surface area contributed by atoms with Gasteiger partial charge in [-0.05, 0) is 31.2 Å². The Balaban J connectivity index is 2.25. The fourth-order valence-electron chi connectivity index (χ4n) is 1.61. The van der Waals surface area contributed by atoms with E-state index < -0.39 is 6.04 Å². The van der Waals surface area contributed by atoms with Gasteiger partial charge in [-0.3, -0.25) is 4.79 Å². The summed E-state index contributed by atoms with van der Waals surface area (Å²) in [6.45, 7) is 1.87. The number of halogens is 1. The highest BCUT2D eigenvalue weighted by atomic mass is 19.1. The number of anilines is 1. The largest absolute Gasteiger partial charge is 0.318 e. The van der Waals surface area contributed by atoms with Gasteiger partial charge in [0.15, 0.2) is 0 Å². The van der Waals surface area contributed by atoms with Gasteiger partial charge in [-0.2, -0.15) is 0 Å². The van der Waals surface area contributed by atoms with Crippen LogP contribution >= 0.6 is 0 Å². The van der Waals surface area contributed by atoms with Crippen LogP contribution in [-0.2, 0) is 4.79 Å². The van der Waals surface area contributed by atoms with E-state index in [1.54, 1.807) is 17.0 Å². The van der Waals surface area contributed by atoms with Crippen molar-refractivity contribution in [2.75, 3.05) is 4.90 Å². The maximum Gasteiger partial charge on any atom is 0.246 e. The van der Waals surface area contributed by atoms with Gasteiger partial charge in [-0.15, -0.1) is 0 Å². The summed E-state index contributed by atoms with van der Waals surface area (Å²) >= 11 is 0. The maximum absolute atomic E-state index is 12.6. The van der Waals surface area contributed by atoms with Crippen LogP contribution in [0.5, 0.6) is 0 Å². The van der Waals surface area contributed by atoms with E-state index in [9.17, 15) is 9.18 Å². The molecule has 4 heteroatoms.